The summed E-state index contributed by atoms with van der Waals surface area (Å²) < 4.78 is 18.8. The lowest BCUT2D eigenvalue weighted by Gasteiger charge is -2.20. The molecule has 2 aromatic carbocycles. The Morgan fingerprint density at radius 1 is 1.16 bits per heavy atom. The largest absolute Gasteiger partial charge is 0.494 e. The van der Waals surface area contributed by atoms with Crippen molar-refractivity contribution in [3.05, 3.63) is 70.0 Å². The number of methoxy groups -OCH3 is 1. The highest BCUT2D eigenvalue weighted by atomic mass is 19.1. The van der Waals surface area contributed by atoms with Crippen molar-refractivity contribution in [2.24, 2.45) is 0 Å². The average Bonchev–Trinajstić information content (AvgIpc) is 2.61. The maximum atomic E-state index is 13.9. The van der Waals surface area contributed by atoms with E-state index in [-0.39, 0.29) is 23.4 Å². The summed E-state index contributed by atoms with van der Waals surface area (Å²) in [6, 6.07) is 11.7. The SMILES string of the molecule is COc1ccc([C@@H](C)N[C@H](C)c2nc3ccccc3c(=O)[nH]2)cc1F. The van der Waals surface area contributed by atoms with Gasteiger partial charge in [0.1, 0.15) is 5.82 Å². The number of hydrogen-bond donors (Lipinski definition) is 2. The fourth-order valence-corrected chi connectivity index (χ4v) is 2.81. The van der Waals surface area contributed by atoms with Crippen molar-refractivity contribution in [1.29, 1.82) is 0 Å². The van der Waals surface area contributed by atoms with Gasteiger partial charge >= 0.3 is 0 Å². The Kier molecular flexibility index (Phi) is 4.81. The van der Waals surface area contributed by atoms with Gasteiger partial charge in [0.25, 0.3) is 5.56 Å². The van der Waals surface area contributed by atoms with E-state index < -0.39 is 5.82 Å². The van der Waals surface area contributed by atoms with E-state index in [0.29, 0.717) is 16.7 Å². The van der Waals surface area contributed by atoms with Gasteiger partial charge in [-0.25, -0.2) is 9.37 Å². The van der Waals surface area contributed by atoms with E-state index in [1.54, 1.807) is 18.2 Å². The molecule has 1 aromatic heterocycles. The van der Waals surface area contributed by atoms with Gasteiger partial charge in [-0.2, -0.15) is 0 Å². The molecule has 6 heteroatoms. The minimum absolute atomic E-state index is 0.132. The zero-order valence-electron chi connectivity index (χ0n) is 14.3. The molecule has 0 bridgehead atoms. The first-order valence-corrected chi connectivity index (χ1v) is 8.08. The predicted octanol–water partition coefficient (Wildman–Crippen LogP) is 3.48. The molecule has 0 amide bonds. The number of nitrogens with zero attached hydrogens (tertiary/aromatic N) is 1. The number of ether oxygens (including phenoxy) is 1. The summed E-state index contributed by atoms with van der Waals surface area (Å²) in [5.41, 5.74) is 1.27. The zero-order valence-corrected chi connectivity index (χ0v) is 14.3. The van der Waals surface area contributed by atoms with Gasteiger partial charge in [0.2, 0.25) is 0 Å². The third kappa shape index (κ3) is 3.53. The number of nitrogens with one attached hydrogen (secondary N) is 2. The normalized spacial score (nSPS) is 13.6. The van der Waals surface area contributed by atoms with Crippen molar-refractivity contribution in [2.45, 2.75) is 25.9 Å². The van der Waals surface area contributed by atoms with Gasteiger partial charge in [0, 0.05) is 6.04 Å². The molecule has 2 atom stereocenters. The number of hydrogen-bond acceptors (Lipinski definition) is 4. The molecule has 0 spiro atoms. The van der Waals surface area contributed by atoms with Crippen LogP contribution >= 0.6 is 0 Å². The molecule has 0 unspecified atom stereocenters. The van der Waals surface area contributed by atoms with E-state index in [1.807, 2.05) is 32.0 Å². The lowest BCUT2D eigenvalue weighted by molar-refractivity contribution is 0.385. The van der Waals surface area contributed by atoms with Gasteiger partial charge in [-0.05, 0) is 43.7 Å². The number of halogens is 1. The van der Waals surface area contributed by atoms with E-state index >= 15 is 0 Å². The molecule has 5 nitrogen and oxygen atoms in total. The number of aromatic amines is 1. The number of aromatic nitrogens is 2. The smallest absolute Gasteiger partial charge is 0.258 e. The number of rotatable bonds is 5. The van der Waals surface area contributed by atoms with Crippen molar-refractivity contribution >= 4 is 10.9 Å². The summed E-state index contributed by atoms with van der Waals surface area (Å²) in [4.78, 5) is 19.5. The first-order valence-electron chi connectivity index (χ1n) is 8.08. The third-order valence-electron chi connectivity index (χ3n) is 4.22. The highest BCUT2D eigenvalue weighted by molar-refractivity contribution is 5.77. The van der Waals surface area contributed by atoms with E-state index in [0.717, 1.165) is 5.56 Å². The molecule has 25 heavy (non-hydrogen) atoms. The summed E-state index contributed by atoms with van der Waals surface area (Å²) in [5.74, 6) is 0.354. The summed E-state index contributed by atoms with van der Waals surface area (Å²) in [7, 11) is 1.43. The van der Waals surface area contributed by atoms with Crippen LogP contribution in [-0.4, -0.2) is 17.1 Å². The van der Waals surface area contributed by atoms with Crippen LogP contribution in [-0.2, 0) is 0 Å². The fourth-order valence-electron chi connectivity index (χ4n) is 2.81. The van der Waals surface area contributed by atoms with Crippen molar-refractivity contribution in [1.82, 2.24) is 15.3 Å². The van der Waals surface area contributed by atoms with Crippen LogP contribution in [0.1, 0.15) is 37.3 Å². The Bertz CT molecular complexity index is 955. The topological polar surface area (TPSA) is 67.0 Å². The van der Waals surface area contributed by atoms with Crippen LogP contribution in [0.2, 0.25) is 0 Å². The van der Waals surface area contributed by atoms with Crippen molar-refractivity contribution in [3.63, 3.8) is 0 Å². The molecule has 3 aromatic rings. The number of fused-ring (bicyclic) bond motifs is 1. The van der Waals surface area contributed by atoms with Gasteiger partial charge in [0.15, 0.2) is 11.6 Å². The molecule has 0 fully saturated rings. The van der Waals surface area contributed by atoms with Gasteiger partial charge in [-0.1, -0.05) is 18.2 Å². The predicted molar refractivity (Wildman–Crippen MR) is 95.3 cm³/mol. The molecule has 0 aliphatic rings. The molecular weight excluding hydrogens is 321 g/mol. The van der Waals surface area contributed by atoms with Crippen LogP contribution in [0.25, 0.3) is 10.9 Å². The Morgan fingerprint density at radius 2 is 1.92 bits per heavy atom. The second-order valence-electron chi connectivity index (χ2n) is 5.97. The first-order chi connectivity index (χ1) is 12.0. The Labute approximate surface area is 144 Å². The van der Waals surface area contributed by atoms with Crippen molar-refractivity contribution in [3.8, 4) is 5.75 Å². The molecule has 3 rings (SSSR count). The second-order valence-corrected chi connectivity index (χ2v) is 5.97. The number of benzene rings is 2. The van der Waals surface area contributed by atoms with Crippen LogP contribution in [0.3, 0.4) is 0 Å². The van der Waals surface area contributed by atoms with E-state index in [9.17, 15) is 9.18 Å². The highest BCUT2D eigenvalue weighted by Crippen LogP contribution is 2.23. The van der Waals surface area contributed by atoms with Crippen LogP contribution < -0.4 is 15.6 Å². The molecule has 130 valence electrons. The second kappa shape index (κ2) is 7.03. The van der Waals surface area contributed by atoms with Gasteiger partial charge in [-0.3, -0.25) is 4.79 Å². The highest BCUT2D eigenvalue weighted by Gasteiger charge is 2.16. The summed E-state index contributed by atoms with van der Waals surface area (Å²) in [6.45, 7) is 3.83. The van der Waals surface area contributed by atoms with E-state index in [4.69, 9.17) is 4.74 Å². The summed E-state index contributed by atoms with van der Waals surface area (Å²) >= 11 is 0. The van der Waals surface area contributed by atoms with Crippen molar-refractivity contribution < 1.29 is 9.13 Å². The van der Waals surface area contributed by atoms with Crippen LogP contribution in [0.15, 0.2) is 47.3 Å². The summed E-state index contributed by atoms with van der Waals surface area (Å²) in [5, 5.41) is 3.89. The maximum Gasteiger partial charge on any atom is 0.258 e. The van der Waals surface area contributed by atoms with Crippen molar-refractivity contribution in [2.75, 3.05) is 7.11 Å². The van der Waals surface area contributed by atoms with E-state index in [1.165, 1.54) is 13.2 Å². The van der Waals surface area contributed by atoms with Crippen LogP contribution in [0.5, 0.6) is 5.75 Å². The third-order valence-corrected chi connectivity index (χ3v) is 4.22. The van der Waals surface area contributed by atoms with Gasteiger partial charge < -0.3 is 15.0 Å². The molecule has 1 heterocycles. The lowest BCUT2D eigenvalue weighted by Crippen LogP contribution is -2.26. The monoisotopic (exact) mass is 341 g/mol. The zero-order chi connectivity index (χ0) is 18.0. The van der Waals surface area contributed by atoms with Gasteiger partial charge in [-0.15, -0.1) is 0 Å². The quantitative estimate of drug-likeness (QED) is 0.745. The van der Waals surface area contributed by atoms with Crippen LogP contribution in [0.4, 0.5) is 4.39 Å². The minimum atomic E-state index is -0.404. The Morgan fingerprint density at radius 3 is 2.64 bits per heavy atom. The lowest BCUT2D eigenvalue weighted by atomic mass is 10.1. The molecule has 0 saturated heterocycles. The fraction of sp³-hybridized carbons (Fsp3) is 0.263. The first kappa shape index (κ1) is 17.1. The van der Waals surface area contributed by atoms with E-state index in [2.05, 4.69) is 15.3 Å². The molecular formula is C19H20FN3O2. The molecule has 0 aliphatic carbocycles. The molecule has 0 saturated carbocycles. The number of H-pyrrole nitrogens is 1. The maximum absolute atomic E-state index is 13.9. The molecule has 0 aliphatic heterocycles. The molecule has 0 radical (unpaired) electrons. The molecule has 2 N–H and O–H groups in total. The van der Waals surface area contributed by atoms with Crippen LogP contribution in [0, 0.1) is 5.82 Å². The Hall–Kier alpha value is -2.73. The standard InChI is InChI=1S/C19H20FN3O2/c1-11(13-8-9-17(25-3)15(20)10-13)21-12(2)18-22-16-7-5-4-6-14(16)19(24)23-18/h4-12,21H,1-3H3,(H,22,23,24)/t11-,12-/m1/s1. The minimum Gasteiger partial charge on any atom is -0.494 e. The Balaban J connectivity index is 1.83. The number of para-hydroxylation sites is 1. The summed E-state index contributed by atoms with van der Waals surface area (Å²) in [6.07, 6.45) is 0. The average molecular weight is 341 g/mol. The van der Waals surface area contributed by atoms with Gasteiger partial charge in [0.05, 0.1) is 24.1 Å².